The van der Waals surface area contributed by atoms with E-state index < -0.39 is 11.7 Å². The zero-order valence-corrected chi connectivity index (χ0v) is 9.59. The second kappa shape index (κ2) is 4.59. The molecule has 0 amide bonds. The predicted molar refractivity (Wildman–Crippen MR) is 57.5 cm³/mol. The smallest absolute Gasteiger partial charge is 0.379 e. The number of nitrogens with zero attached hydrogens (tertiary/aromatic N) is 1. The molecule has 2 aliphatic rings. The van der Waals surface area contributed by atoms with E-state index in [-0.39, 0.29) is 12.0 Å². The summed E-state index contributed by atoms with van der Waals surface area (Å²) in [6.45, 7) is 2.50. The summed E-state index contributed by atoms with van der Waals surface area (Å²) >= 11 is 0. The zero-order chi connectivity index (χ0) is 12.5. The Bertz CT molecular complexity index is 308. The van der Waals surface area contributed by atoms with Crippen molar-refractivity contribution in [3.05, 3.63) is 11.6 Å². The molecule has 6 heteroatoms. The van der Waals surface area contributed by atoms with Gasteiger partial charge in [0.05, 0.1) is 12.1 Å². The molecular weight excluding hydrogens is 233 g/mol. The number of alkyl halides is 3. The zero-order valence-electron chi connectivity index (χ0n) is 9.59. The summed E-state index contributed by atoms with van der Waals surface area (Å²) in [6.07, 6.45) is -2.08. The molecule has 2 N–H and O–H groups in total. The van der Waals surface area contributed by atoms with E-state index in [1.54, 1.807) is 0 Å². The first-order valence-corrected chi connectivity index (χ1v) is 5.74. The maximum absolute atomic E-state index is 12.4. The Morgan fingerprint density at radius 1 is 1.47 bits per heavy atom. The molecule has 1 unspecified atom stereocenters. The third kappa shape index (κ3) is 3.20. The fourth-order valence-corrected chi connectivity index (χ4v) is 2.31. The largest absolute Gasteiger partial charge is 0.412 e. The highest BCUT2D eigenvalue weighted by atomic mass is 19.4. The van der Waals surface area contributed by atoms with Gasteiger partial charge in [-0.2, -0.15) is 13.2 Å². The number of hydrogen-bond donors (Lipinski definition) is 1. The van der Waals surface area contributed by atoms with E-state index in [1.165, 1.54) is 6.08 Å². The Labute approximate surface area is 98.4 Å². The molecule has 0 saturated carbocycles. The normalized spacial score (nSPS) is 31.6. The Balaban J connectivity index is 1.89. The number of rotatable bonds is 2. The van der Waals surface area contributed by atoms with Gasteiger partial charge in [0.25, 0.3) is 0 Å². The van der Waals surface area contributed by atoms with Gasteiger partial charge in [0, 0.05) is 31.8 Å². The molecule has 2 rings (SSSR count). The molecule has 2 heterocycles. The maximum atomic E-state index is 12.4. The summed E-state index contributed by atoms with van der Waals surface area (Å²) < 4.78 is 42.5. The van der Waals surface area contributed by atoms with Crippen molar-refractivity contribution >= 4 is 0 Å². The van der Waals surface area contributed by atoms with Gasteiger partial charge < -0.3 is 10.5 Å². The highest BCUT2D eigenvalue weighted by Crippen LogP contribution is 2.30. The summed E-state index contributed by atoms with van der Waals surface area (Å²) in [5.74, 6) is 0. The fourth-order valence-electron chi connectivity index (χ4n) is 2.31. The quantitative estimate of drug-likeness (QED) is 0.751. The van der Waals surface area contributed by atoms with Crippen LogP contribution in [0.5, 0.6) is 0 Å². The monoisotopic (exact) mass is 250 g/mol. The third-order valence-electron chi connectivity index (χ3n) is 3.33. The first-order valence-electron chi connectivity index (χ1n) is 5.74. The molecule has 1 atom stereocenters. The van der Waals surface area contributed by atoms with E-state index in [1.807, 2.05) is 4.90 Å². The van der Waals surface area contributed by atoms with Crippen LogP contribution in [0.2, 0.25) is 0 Å². The second-order valence-corrected chi connectivity index (χ2v) is 4.88. The minimum Gasteiger partial charge on any atom is -0.379 e. The minimum absolute atomic E-state index is 0.0560. The lowest BCUT2D eigenvalue weighted by Gasteiger charge is -2.33. The number of hydrogen-bond acceptors (Lipinski definition) is 3. The van der Waals surface area contributed by atoms with Crippen LogP contribution in [-0.4, -0.2) is 49.5 Å². The van der Waals surface area contributed by atoms with Crippen LogP contribution in [0.4, 0.5) is 13.2 Å². The van der Waals surface area contributed by atoms with Crippen molar-refractivity contribution in [2.75, 3.05) is 32.8 Å². The minimum atomic E-state index is -4.18. The number of halogens is 3. The van der Waals surface area contributed by atoms with Gasteiger partial charge >= 0.3 is 6.18 Å². The highest BCUT2D eigenvalue weighted by molar-refractivity contribution is 5.13. The lowest BCUT2D eigenvalue weighted by molar-refractivity contribution is -0.0961. The van der Waals surface area contributed by atoms with Crippen molar-refractivity contribution in [2.45, 2.75) is 24.6 Å². The van der Waals surface area contributed by atoms with Crippen molar-refractivity contribution in [2.24, 2.45) is 5.73 Å². The average Bonchev–Trinajstić information content (AvgIpc) is 2.64. The van der Waals surface area contributed by atoms with Gasteiger partial charge in [-0.3, -0.25) is 4.90 Å². The van der Waals surface area contributed by atoms with E-state index in [4.69, 9.17) is 10.5 Å². The molecule has 1 fully saturated rings. The molecule has 0 aromatic heterocycles. The van der Waals surface area contributed by atoms with E-state index >= 15 is 0 Å². The molecule has 0 bridgehead atoms. The van der Waals surface area contributed by atoms with E-state index in [2.05, 4.69) is 0 Å². The van der Waals surface area contributed by atoms with Crippen molar-refractivity contribution in [1.82, 2.24) is 4.90 Å². The Kier molecular flexibility index (Phi) is 3.47. The van der Waals surface area contributed by atoms with Gasteiger partial charge in [-0.25, -0.2) is 0 Å². The summed E-state index contributed by atoms with van der Waals surface area (Å²) in [6, 6.07) is 0. The van der Waals surface area contributed by atoms with Crippen LogP contribution in [0.3, 0.4) is 0 Å². The Hall–Kier alpha value is -0.590. The van der Waals surface area contributed by atoms with Crippen LogP contribution in [0.15, 0.2) is 11.6 Å². The molecule has 0 aliphatic carbocycles. The molecule has 17 heavy (non-hydrogen) atoms. The highest BCUT2D eigenvalue weighted by Gasteiger charge is 2.37. The standard InChI is InChI=1S/C11H17F3N2O/c12-11(13,14)9-1-4-16(5-2-9)7-10(15)3-6-17-8-10/h1H,2-8,15H2. The van der Waals surface area contributed by atoms with Crippen LogP contribution in [0.25, 0.3) is 0 Å². The molecule has 0 aromatic carbocycles. The molecule has 3 nitrogen and oxygen atoms in total. The first-order chi connectivity index (χ1) is 7.89. The second-order valence-electron chi connectivity index (χ2n) is 4.88. The number of ether oxygens (including phenoxy) is 1. The lowest BCUT2D eigenvalue weighted by atomic mass is 9.98. The van der Waals surface area contributed by atoms with Gasteiger partial charge in [0.1, 0.15) is 0 Å². The van der Waals surface area contributed by atoms with E-state index in [0.29, 0.717) is 32.8 Å². The van der Waals surface area contributed by atoms with Crippen LogP contribution in [0, 0.1) is 0 Å². The van der Waals surface area contributed by atoms with Gasteiger partial charge in [-0.05, 0) is 12.8 Å². The van der Waals surface area contributed by atoms with Gasteiger partial charge in [-0.15, -0.1) is 0 Å². The fraction of sp³-hybridized carbons (Fsp3) is 0.818. The molecule has 0 aromatic rings. The van der Waals surface area contributed by atoms with Crippen LogP contribution in [-0.2, 0) is 4.74 Å². The van der Waals surface area contributed by atoms with Crippen LogP contribution >= 0.6 is 0 Å². The molecular formula is C11H17F3N2O. The summed E-state index contributed by atoms with van der Waals surface area (Å²) in [4.78, 5) is 1.96. The third-order valence-corrected chi connectivity index (χ3v) is 3.33. The Morgan fingerprint density at radius 3 is 2.71 bits per heavy atom. The van der Waals surface area contributed by atoms with Gasteiger partial charge in [0.15, 0.2) is 0 Å². The average molecular weight is 250 g/mol. The molecule has 2 aliphatic heterocycles. The lowest BCUT2D eigenvalue weighted by Crippen LogP contribution is -2.51. The molecule has 0 radical (unpaired) electrons. The summed E-state index contributed by atoms with van der Waals surface area (Å²) in [5, 5.41) is 0. The predicted octanol–water partition coefficient (Wildman–Crippen LogP) is 1.30. The van der Waals surface area contributed by atoms with Gasteiger partial charge in [-0.1, -0.05) is 6.08 Å². The Morgan fingerprint density at radius 2 is 2.24 bits per heavy atom. The van der Waals surface area contributed by atoms with E-state index in [9.17, 15) is 13.2 Å². The van der Waals surface area contributed by atoms with E-state index in [0.717, 1.165) is 6.42 Å². The van der Waals surface area contributed by atoms with Crippen molar-refractivity contribution < 1.29 is 17.9 Å². The van der Waals surface area contributed by atoms with Crippen molar-refractivity contribution in [3.8, 4) is 0 Å². The maximum Gasteiger partial charge on any atom is 0.412 e. The summed E-state index contributed by atoms with van der Waals surface area (Å²) in [7, 11) is 0. The van der Waals surface area contributed by atoms with Crippen LogP contribution < -0.4 is 5.73 Å². The van der Waals surface area contributed by atoms with Gasteiger partial charge in [0.2, 0.25) is 0 Å². The molecule has 1 saturated heterocycles. The summed E-state index contributed by atoms with van der Waals surface area (Å²) in [5.41, 5.74) is 5.30. The molecule has 0 spiro atoms. The SMILES string of the molecule is NC1(CN2CC=C(C(F)(F)F)CC2)CCOC1. The van der Waals surface area contributed by atoms with Crippen molar-refractivity contribution in [1.29, 1.82) is 0 Å². The molecule has 98 valence electrons. The first kappa shape index (κ1) is 12.9. The topological polar surface area (TPSA) is 38.5 Å². The number of nitrogens with two attached hydrogens (primary N) is 1. The van der Waals surface area contributed by atoms with Crippen LogP contribution in [0.1, 0.15) is 12.8 Å². The van der Waals surface area contributed by atoms with Crippen molar-refractivity contribution in [3.63, 3.8) is 0 Å².